The summed E-state index contributed by atoms with van der Waals surface area (Å²) in [5.41, 5.74) is 0.364. The van der Waals surface area contributed by atoms with E-state index in [1.807, 2.05) is 24.1 Å². The molecular formula is C18H24N6O2. The van der Waals surface area contributed by atoms with E-state index in [1.165, 1.54) is 16.7 Å². The number of rotatable bonds is 4. The predicted molar refractivity (Wildman–Crippen MR) is 94.8 cm³/mol. The molecule has 1 saturated carbocycles. The van der Waals surface area contributed by atoms with Crippen LogP contribution < -0.4 is 11.1 Å². The molecule has 2 atom stereocenters. The van der Waals surface area contributed by atoms with E-state index in [0.29, 0.717) is 24.9 Å². The number of fused-ring (bicyclic) bond motifs is 3. The molecular weight excluding hydrogens is 332 g/mol. The summed E-state index contributed by atoms with van der Waals surface area (Å²) in [6.45, 7) is 3.90. The summed E-state index contributed by atoms with van der Waals surface area (Å²) in [4.78, 5) is 27.3. The second kappa shape index (κ2) is 5.90. The average Bonchev–Trinajstić information content (AvgIpc) is 3.23. The molecule has 2 aliphatic heterocycles. The molecule has 3 aliphatic rings. The molecule has 2 aromatic rings. The monoisotopic (exact) mass is 356 g/mol. The van der Waals surface area contributed by atoms with Crippen LogP contribution in [0.5, 0.6) is 0 Å². The molecule has 0 amide bonds. The summed E-state index contributed by atoms with van der Waals surface area (Å²) in [6, 6.07) is 0. The lowest BCUT2D eigenvalue weighted by atomic mass is 9.85. The Labute approximate surface area is 151 Å². The van der Waals surface area contributed by atoms with Crippen LogP contribution >= 0.6 is 0 Å². The summed E-state index contributed by atoms with van der Waals surface area (Å²) in [6.07, 6.45) is 7.44. The molecule has 0 N–H and O–H groups in total. The van der Waals surface area contributed by atoms with E-state index in [0.717, 1.165) is 38.3 Å². The highest BCUT2D eigenvalue weighted by atomic mass is 16.2. The van der Waals surface area contributed by atoms with Gasteiger partial charge < -0.3 is 0 Å². The number of aromatic nitrogens is 5. The zero-order valence-electron chi connectivity index (χ0n) is 15.0. The third-order valence-corrected chi connectivity index (χ3v) is 6.25. The average molecular weight is 356 g/mol. The molecule has 8 nitrogen and oxygen atoms in total. The minimum absolute atomic E-state index is 0.243. The predicted octanol–water partition coefficient (Wildman–Crippen LogP) is 0.168. The van der Waals surface area contributed by atoms with Crippen molar-refractivity contribution >= 4 is 0 Å². The molecule has 2 fully saturated rings. The van der Waals surface area contributed by atoms with Gasteiger partial charge in [-0.05, 0) is 18.8 Å². The lowest BCUT2D eigenvalue weighted by Gasteiger charge is -2.25. The lowest BCUT2D eigenvalue weighted by molar-refractivity contribution is 0.256. The van der Waals surface area contributed by atoms with Gasteiger partial charge in [0, 0.05) is 63.4 Å². The first-order valence-electron chi connectivity index (χ1n) is 9.50. The number of hydrogen-bond donors (Lipinski definition) is 0. The Kier molecular flexibility index (Phi) is 3.63. The van der Waals surface area contributed by atoms with Crippen molar-refractivity contribution in [1.29, 1.82) is 0 Å². The van der Waals surface area contributed by atoms with Gasteiger partial charge in [0.25, 0.3) is 0 Å². The van der Waals surface area contributed by atoms with Crippen molar-refractivity contribution in [3.05, 3.63) is 44.5 Å². The van der Waals surface area contributed by atoms with Gasteiger partial charge in [0.05, 0.1) is 6.20 Å². The first-order valence-corrected chi connectivity index (χ1v) is 9.50. The summed E-state index contributed by atoms with van der Waals surface area (Å²) in [5, 5.41) is 8.88. The smallest absolute Gasteiger partial charge is 0.298 e. The van der Waals surface area contributed by atoms with Crippen molar-refractivity contribution < 1.29 is 0 Å². The fraction of sp³-hybridized carbons (Fsp3) is 0.667. The Morgan fingerprint density at radius 1 is 1.15 bits per heavy atom. The second-order valence-corrected chi connectivity index (χ2v) is 8.14. The van der Waals surface area contributed by atoms with Crippen LogP contribution in [-0.4, -0.2) is 42.1 Å². The topological polar surface area (TPSA) is 78.0 Å². The standard InChI is InChI=1S/C18H24N6O2/c1-21-6-13(5-19-21)7-22-9-14-10-23-16(15(14)11-22)20-24(18(26)17(23)25)8-12-3-2-4-12/h5-6,12,14-15H,2-4,7-11H2,1H3/t14-,15-/m0/s1. The number of hydrogen-bond acceptors (Lipinski definition) is 5. The fourth-order valence-electron chi connectivity index (χ4n) is 4.66. The zero-order valence-corrected chi connectivity index (χ0v) is 15.0. The number of likely N-dealkylation sites (tertiary alicyclic amines) is 1. The van der Waals surface area contributed by atoms with E-state index >= 15 is 0 Å². The van der Waals surface area contributed by atoms with E-state index in [2.05, 4.69) is 15.1 Å². The molecule has 138 valence electrons. The van der Waals surface area contributed by atoms with Crippen LogP contribution in [0.1, 0.15) is 36.6 Å². The maximum Gasteiger partial charge on any atom is 0.332 e. The Balaban J connectivity index is 1.39. The molecule has 1 saturated heterocycles. The van der Waals surface area contributed by atoms with Crippen molar-refractivity contribution in [3.8, 4) is 0 Å². The van der Waals surface area contributed by atoms with Crippen LogP contribution in [0.2, 0.25) is 0 Å². The molecule has 1 aliphatic carbocycles. The van der Waals surface area contributed by atoms with Gasteiger partial charge in [-0.25, -0.2) is 4.68 Å². The van der Waals surface area contributed by atoms with Crippen molar-refractivity contribution in [1.82, 2.24) is 29.0 Å². The Bertz CT molecular complexity index is 953. The van der Waals surface area contributed by atoms with Gasteiger partial charge in [-0.3, -0.25) is 23.7 Å². The first kappa shape index (κ1) is 16.0. The minimum Gasteiger partial charge on any atom is -0.298 e. The molecule has 0 unspecified atom stereocenters. The van der Waals surface area contributed by atoms with Crippen LogP contribution in [0.25, 0.3) is 0 Å². The molecule has 5 rings (SSSR count). The summed E-state index contributed by atoms with van der Waals surface area (Å²) in [5.74, 6) is 1.93. The van der Waals surface area contributed by atoms with Gasteiger partial charge in [0.2, 0.25) is 0 Å². The quantitative estimate of drug-likeness (QED) is 0.730. The number of nitrogens with zero attached hydrogens (tertiary/aromatic N) is 6. The molecule has 4 heterocycles. The largest absolute Gasteiger partial charge is 0.332 e. The van der Waals surface area contributed by atoms with E-state index in [-0.39, 0.29) is 11.5 Å². The Morgan fingerprint density at radius 2 is 2.00 bits per heavy atom. The van der Waals surface area contributed by atoms with Crippen molar-refractivity contribution in [2.24, 2.45) is 18.9 Å². The van der Waals surface area contributed by atoms with Gasteiger partial charge in [-0.1, -0.05) is 6.42 Å². The molecule has 26 heavy (non-hydrogen) atoms. The zero-order chi connectivity index (χ0) is 17.8. The number of aryl methyl sites for hydroxylation is 1. The van der Waals surface area contributed by atoms with E-state index in [9.17, 15) is 9.59 Å². The van der Waals surface area contributed by atoms with E-state index < -0.39 is 5.56 Å². The second-order valence-electron chi connectivity index (χ2n) is 8.14. The van der Waals surface area contributed by atoms with Gasteiger partial charge in [-0.2, -0.15) is 10.2 Å². The molecule has 8 heteroatoms. The Morgan fingerprint density at radius 3 is 2.69 bits per heavy atom. The highest BCUT2D eigenvalue weighted by Gasteiger charge is 2.42. The van der Waals surface area contributed by atoms with E-state index in [4.69, 9.17) is 0 Å². The molecule has 2 aromatic heterocycles. The first-order chi connectivity index (χ1) is 12.6. The van der Waals surface area contributed by atoms with Crippen LogP contribution in [0, 0.1) is 11.8 Å². The SMILES string of the molecule is Cn1cc(CN2C[C@H]3Cn4c(nn(CC5CCC5)c(=O)c4=O)[C@H]3C2)cn1. The van der Waals surface area contributed by atoms with Crippen LogP contribution in [0.3, 0.4) is 0 Å². The molecule has 0 spiro atoms. The third-order valence-electron chi connectivity index (χ3n) is 6.25. The van der Waals surface area contributed by atoms with Crippen LogP contribution in [0.15, 0.2) is 22.0 Å². The van der Waals surface area contributed by atoms with Crippen molar-refractivity contribution in [2.45, 2.75) is 44.8 Å². The van der Waals surface area contributed by atoms with Crippen molar-refractivity contribution in [3.63, 3.8) is 0 Å². The maximum atomic E-state index is 12.5. The third kappa shape index (κ3) is 2.55. The lowest BCUT2D eigenvalue weighted by Crippen LogP contribution is -2.45. The summed E-state index contributed by atoms with van der Waals surface area (Å²) in [7, 11) is 1.93. The Hall–Kier alpha value is -2.22. The van der Waals surface area contributed by atoms with Gasteiger partial charge >= 0.3 is 11.1 Å². The molecule has 0 radical (unpaired) electrons. The highest BCUT2D eigenvalue weighted by molar-refractivity contribution is 5.13. The molecule has 0 aromatic carbocycles. The molecule has 0 bridgehead atoms. The highest BCUT2D eigenvalue weighted by Crippen LogP contribution is 2.37. The summed E-state index contributed by atoms with van der Waals surface area (Å²) < 4.78 is 4.91. The van der Waals surface area contributed by atoms with Crippen LogP contribution in [0.4, 0.5) is 0 Å². The normalized spacial score (nSPS) is 25.3. The minimum atomic E-state index is -0.451. The summed E-state index contributed by atoms with van der Waals surface area (Å²) >= 11 is 0. The maximum absolute atomic E-state index is 12.5. The van der Waals surface area contributed by atoms with E-state index in [1.54, 1.807) is 4.57 Å². The van der Waals surface area contributed by atoms with Gasteiger partial charge in [-0.15, -0.1) is 0 Å². The van der Waals surface area contributed by atoms with Gasteiger partial charge in [0.1, 0.15) is 5.82 Å². The van der Waals surface area contributed by atoms with Crippen LogP contribution in [-0.2, 0) is 26.7 Å². The van der Waals surface area contributed by atoms with Gasteiger partial charge in [0.15, 0.2) is 0 Å². The van der Waals surface area contributed by atoms with Crippen molar-refractivity contribution in [2.75, 3.05) is 13.1 Å². The fourth-order valence-corrected chi connectivity index (χ4v) is 4.66.